The van der Waals surface area contributed by atoms with Crippen LogP contribution in [0, 0.1) is 5.92 Å². The molecule has 5 heterocycles. The molecule has 6 heteroatoms. The van der Waals surface area contributed by atoms with Crippen molar-refractivity contribution in [1.29, 1.82) is 0 Å². The minimum absolute atomic E-state index is 0.661. The largest absolute Gasteiger partial charge is 0.337 e. The van der Waals surface area contributed by atoms with Gasteiger partial charge in [0.05, 0.1) is 17.7 Å². The molecular formula is C16H23N5S. The number of thiazole rings is 1. The van der Waals surface area contributed by atoms with Crippen molar-refractivity contribution in [3.63, 3.8) is 0 Å². The highest BCUT2D eigenvalue weighted by Gasteiger charge is 2.35. The van der Waals surface area contributed by atoms with Crippen molar-refractivity contribution in [2.45, 2.75) is 32.0 Å². The van der Waals surface area contributed by atoms with Crippen LogP contribution in [0.4, 0.5) is 0 Å². The third-order valence-electron chi connectivity index (χ3n) is 5.04. The van der Waals surface area contributed by atoms with Crippen LogP contribution in [-0.4, -0.2) is 50.0 Å². The van der Waals surface area contributed by atoms with Crippen molar-refractivity contribution >= 4 is 11.3 Å². The van der Waals surface area contributed by atoms with Crippen molar-refractivity contribution in [1.82, 2.24) is 24.3 Å². The predicted molar refractivity (Wildman–Crippen MR) is 87.5 cm³/mol. The zero-order chi connectivity index (χ0) is 14.9. The van der Waals surface area contributed by atoms with Crippen LogP contribution < -0.4 is 0 Å². The molecule has 3 aliphatic rings. The second-order valence-electron chi connectivity index (χ2n) is 6.65. The van der Waals surface area contributed by atoms with Gasteiger partial charge in [0.15, 0.2) is 0 Å². The summed E-state index contributed by atoms with van der Waals surface area (Å²) in [6.45, 7) is 5.58. The SMILES string of the molecule is Cn1ccnc1CN1C[C@@H]2CC[C@H]1CN(Cc1cscn1)C2. The quantitative estimate of drug-likeness (QED) is 0.864. The summed E-state index contributed by atoms with van der Waals surface area (Å²) < 4.78 is 2.14. The lowest BCUT2D eigenvalue weighted by molar-refractivity contribution is 0.119. The first kappa shape index (κ1) is 14.4. The first-order valence-corrected chi connectivity index (χ1v) is 9.02. The Balaban J connectivity index is 1.45. The molecule has 0 radical (unpaired) electrons. The van der Waals surface area contributed by atoms with Gasteiger partial charge >= 0.3 is 0 Å². The van der Waals surface area contributed by atoms with E-state index in [0.29, 0.717) is 6.04 Å². The number of fused-ring (bicyclic) bond motifs is 4. The first-order chi connectivity index (χ1) is 10.8. The van der Waals surface area contributed by atoms with E-state index < -0.39 is 0 Å². The van der Waals surface area contributed by atoms with Crippen molar-refractivity contribution < 1.29 is 0 Å². The maximum Gasteiger partial charge on any atom is 0.122 e. The molecule has 2 bridgehead atoms. The molecule has 5 rings (SSSR count). The summed E-state index contributed by atoms with van der Waals surface area (Å²) in [6.07, 6.45) is 6.64. The summed E-state index contributed by atoms with van der Waals surface area (Å²) >= 11 is 1.70. The van der Waals surface area contributed by atoms with E-state index >= 15 is 0 Å². The Hall–Kier alpha value is -1.24. The summed E-state index contributed by atoms with van der Waals surface area (Å²) in [6, 6.07) is 0.661. The Bertz CT molecular complexity index is 608. The van der Waals surface area contributed by atoms with Crippen molar-refractivity contribution in [2.24, 2.45) is 13.0 Å². The number of rotatable bonds is 4. The highest BCUT2D eigenvalue weighted by atomic mass is 32.1. The van der Waals surface area contributed by atoms with E-state index in [9.17, 15) is 0 Å². The molecule has 0 aliphatic carbocycles. The van der Waals surface area contributed by atoms with Gasteiger partial charge in [-0.05, 0) is 18.8 Å². The molecule has 0 amide bonds. The van der Waals surface area contributed by atoms with Gasteiger partial charge in [-0.3, -0.25) is 9.80 Å². The second-order valence-corrected chi connectivity index (χ2v) is 7.37. The number of piperidine rings is 1. The summed E-state index contributed by atoms with van der Waals surface area (Å²) in [5.41, 5.74) is 3.16. The minimum Gasteiger partial charge on any atom is -0.337 e. The summed E-state index contributed by atoms with van der Waals surface area (Å²) in [4.78, 5) is 14.2. The van der Waals surface area contributed by atoms with Gasteiger partial charge in [0.25, 0.3) is 0 Å². The van der Waals surface area contributed by atoms with Crippen LogP contribution in [0.15, 0.2) is 23.3 Å². The second kappa shape index (κ2) is 6.10. The topological polar surface area (TPSA) is 37.2 Å². The van der Waals surface area contributed by atoms with Gasteiger partial charge in [-0.2, -0.15) is 0 Å². The highest BCUT2D eigenvalue weighted by Crippen LogP contribution is 2.29. The first-order valence-electron chi connectivity index (χ1n) is 8.07. The van der Waals surface area contributed by atoms with Gasteiger partial charge in [0, 0.05) is 57.0 Å². The molecule has 0 spiro atoms. The lowest BCUT2D eigenvalue weighted by atomic mass is 9.95. The molecule has 0 N–H and O–H groups in total. The standard InChI is InChI=1S/C16H23N5S/c1-19-5-4-17-16(19)10-21-7-13-2-3-15(21)9-20(6-13)8-14-11-22-12-18-14/h4-5,11-13,15H,2-3,6-10H2,1H3/t13-,15+/m1/s1. The number of aryl methyl sites for hydroxylation is 1. The molecule has 22 heavy (non-hydrogen) atoms. The van der Waals surface area contributed by atoms with Gasteiger partial charge in [-0.15, -0.1) is 11.3 Å². The Kier molecular flexibility index (Phi) is 3.98. The average molecular weight is 317 g/mol. The average Bonchev–Trinajstić information content (AvgIpc) is 3.06. The van der Waals surface area contributed by atoms with Gasteiger partial charge in [-0.25, -0.2) is 9.97 Å². The maximum absolute atomic E-state index is 4.50. The Morgan fingerprint density at radius 3 is 2.91 bits per heavy atom. The Morgan fingerprint density at radius 2 is 2.14 bits per heavy atom. The van der Waals surface area contributed by atoms with E-state index in [2.05, 4.69) is 36.8 Å². The Labute approximate surface area is 135 Å². The lowest BCUT2D eigenvalue weighted by Gasteiger charge is -2.35. The Morgan fingerprint density at radius 1 is 1.18 bits per heavy atom. The molecular weight excluding hydrogens is 294 g/mol. The third-order valence-corrected chi connectivity index (χ3v) is 5.67. The van der Waals surface area contributed by atoms with Crippen LogP contribution in [0.3, 0.4) is 0 Å². The van der Waals surface area contributed by atoms with Gasteiger partial charge < -0.3 is 4.57 Å². The number of nitrogens with zero attached hydrogens (tertiary/aromatic N) is 5. The fourth-order valence-corrected chi connectivity index (χ4v) is 4.42. The summed E-state index contributed by atoms with van der Waals surface area (Å²) in [5.74, 6) is 1.97. The number of imidazole rings is 1. The maximum atomic E-state index is 4.50. The molecule has 2 aromatic rings. The molecule has 3 saturated heterocycles. The monoisotopic (exact) mass is 317 g/mol. The van der Waals surface area contributed by atoms with Crippen LogP contribution >= 0.6 is 11.3 Å². The number of hydrogen-bond acceptors (Lipinski definition) is 5. The molecule has 2 atom stereocenters. The molecule has 5 nitrogen and oxygen atoms in total. The number of aromatic nitrogens is 3. The highest BCUT2D eigenvalue weighted by molar-refractivity contribution is 7.07. The van der Waals surface area contributed by atoms with Crippen molar-refractivity contribution in [2.75, 3.05) is 19.6 Å². The van der Waals surface area contributed by atoms with Crippen LogP contribution in [0.25, 0.3) is 0 Å². The normalized spacial score (nSPS) is 26.4. The summed E-state index contributed by atoms with van der Waals surface area (Å²) in [7, 11) is 2.09. The van der Waals surface area contributed by atoms with Gasteiger partial charge in [0.2, 0.25) is 0 Å². The van der Waals surface area contributed by atoms with Crippen LogP contribution in [0.5, 0.6) is 0 Å². The zero-order valence-electron chi connectivity index (χ0n) is 13.1. The van der Waals surface area contributed by atoms with Gasteiger partial charge in [-0.1, -0.05) is 0 Å². The molecule has 2 aromatic heterocycles. The van der Waals surface area contributed by atoms with Crippen LogP contribution in [0.1, 0.15) is 24.4 Å². The molecule has 3 aliphatic heterocycles. The number of hydrogen-bond donors (Lipinski definition) is 0. The van der Waals surface area contributed by atoms with E-state index in [-0.39, 0.29) is 0 Å². The predicted octanol–water partition coefficient (Wildman–Crippen LogP) is 1.97. The van der Waals surface area contributed by atoms with E-state index in [4.69, 9.17) is 0 Å². The smallest absolute Gasteiger partial charge is 0.122 e. The van der Waals surface area contributed by atoms with E-state index in [0.717, 1.165) is 19.0 Å². The lowest BCUT2D eigenvalue weighted by Crippen LogP contribution is -2.43. The molecule has 0 aromatic carbocycles. The molecule has 0 saturated carbocycles. The fourth-order valence-electron chi connectivity index (χ4n) is 3.87. The molecule has 118 valence electrons. The summed E-state index contributed by atoms with van der Waals surface area (Å²) in [5, 5.41) is 2.18. The molecule has 0 unspecified atom stereocenters. The third kappa shape index (κ3) is 2.95. The zero-order valence-corrected chi connectivity index (χ0v) is 13.9. The van der Waals surface area contributed by atoms with Crippen molar-refractivity contribution in [3.8, 4) is 0 Å². The van der Waals surface area contributed by atoms with E-state index in [1.165, 1.54) is 44.0 Å². The fraction of sp³-hybridized carbons (Fsp3) is 0.625. The van der Waals surface area contributed by atoms with E-state index in [1.54, 1.807) is 11.3 Å². The van der Waals surface area contributed by atoms with E-state index in [1.807, 2.05) is 17.9 Å². The van der Waals surface area contributed by atoms with Crippen LogP contribution in [-0.2, 0) is 20.1 Å². The van der Waals surface area contributed by atoms with Crippen LogP contribution in [0.2, 0.25) is 0 Å². The molecule has 3 fully saturated rings. The van der Waals surface area contributed by atoms with Crippen molar-refractivity contribution in [3.05, 3.63) is 34.8 Å². The minimum atomic E-state index is 0.661. The van der Waals surface area contributed by atoms with Gasteiger partial charge in [0.1, 0.15) is 5.82 Å².